The van der Waals surface area contributed by atoms with Gasteiger partial charge in [0.2, 0.25) is 0 Å². The maximum Gasteiger partial charge on any atom is 0.265 e. The maximum atomic E-state index is 12.6. The number of carbonyl (C=O) groups is 1. The van der Waals surface area contributed by atoms with Gasteiger partial charge in [-0.1, -0.05) is 38.1 Å². The number of nitrogens with one attached hydrogen (secondary N) is 1. The molecule has 0 fully saturated rings. The number of rotatable bonds is 6. The number of hydrogen-bond donors (Lipinski definition) is 1. The van der Waals surface area contributed by atoms with Gasteiger partial charge in [-0.3, -0.25) is 4.79 Å². The highest BCUT2D eigenvalue weighted by molar-refractivity contribution is 5.95. The molecule has 1 N–H and O–H groups in total. The molecule has 2 rings (SSSR count). The minimum absolute atomic E-state index is 0.121. The molecule has 2 aromatic rings. The standard InChI is InChI=1S/C21H27NO2/c1-6-17-9-8-10-18(7-2)20(17)22-21(23)16(5)24-19-12-11-14(3)15(4)13-19/h8-13,16H,6-7H2,1-5H3,(H,22,23)/t16-/m1/s1. The Kier molecular flexibility index (Phi) is 6.02. The van der Waals surface area contributed by atoms with Gasteiger partial charge in [-0.2, -0.15) is 0 Å². The lowest BCUT2D eigenvalue weighted by molar-refractivity contribution is -0.122. The Morgan fingerprint density at radius 3 is 2.21 bits per heavy atom. The molecule has 0 aliphatic heterocycles. The SMILES string of the molecule is CCc1cccc(CC)c1NC(=O)[C@@H](C)Oc1ccc(C)c(C)c1. The van der Waals surface area contributed by atoms with E-state index in [9.17, 15) is 4.79 Å². The number of benzene rings is 2. The fourth-order valence-electron chi connectivity index (χ4n) is 2.67. The fraction of sp³-hybridized carbons (Fsp3) is 0.381. The molecule has 0 radical (unpaired) electrons. The molecule has 3 nitrogen and oxygen atoms in total. The molecule has 0 aliphatic rings. The number of ether oxygens (including phenoxy) is 1. The van der Waals surface area contributed by atoms with Crippen molar-refractivity contribution >= 4 is 11.6 Å². The number of amides is 1. The molecule has 0 aromatic heterocycles. The van der Waals surface area contributed by atoms with Crippen molar-refractivity contribution in [1.82, 2.24) is 0 Å². The summed E-state index contributed by atoms with van der Waals surface area (Å²) in [5.74, 6) is 0.601. The van der Waals surface area contributed by atoms with Gasteiger partial charge in [0.05, 0.1) is 0 Å². The molecule has 0 saturated carbocycles. The molecule has 24 heavy (non-hydrogen) atoms. The van der Waals surface area contributed by atoms with Crippen LogP contribution >= 0.6 is 0 Å². The molecule has 0 unspecified atom stereocenters. The molecule has 128 valence electrons. The first kappa shape index (κ1) is 18.1. The minimum Gasteiger partial charge on any atom is -0.481 e. The predicted molar refractivity (Wildman–Crippen MR) is 99.8 cm³/mol. The van der Waals surface area contributed by atoms with E-state index in [0.29, 0.717) is 0 Å². The smallest absolute Gasteiger partial charge is 0.265 e. The molecule has 2 aromatic carbocycles. The summed E-state index contributed by atoms with van der Waals surface area (Å²) in [4.78, 5) is 12.6. The van der Waals surface area contributed by atoms with E-state index >= 15 is 0 Å². The monoisotopic (exact) mass is 325 g/mol. The van der Waals surface area contributed by atoms with Gasteiger partial charge in [-0.25, -0.2) is 0 Å². The Labute approximate surface area is 145 Å². The third-order valence-electron chi connectivity index (χ3n) is 4.41. The van der Waals surface area contributed by atoms with Crippen LogP contribution in [-0.4, -0.2) is 12.0 Å². The highest BCUT2D eigenvalue weighted by Crippen LogP contribution is 2.23. The quantitative estimate of drug-likeness (QED) is 0.826. The Morgan fingerprint density at radius 1 is 1.04 bits per heavy atom. The zero-order valence-electron chi connectivity index (χ0n) is 15.3. The van der Waals surface area contributed by atoms with Crippen molar-refractivity contribution in [2.24, 2.45) is 0 Å². The van der Waals surface area contributed by atoms with Crippen molar-refractivity contribution in [2.75, 3.05) is 5.32 Å². The number of aryl methyl sites for hydroxylation is 4. The molecule has 0 aliphatic carbocycles. The average molecular weight is 325 g/mol. The van der Waals surface area contributed by atoms with Crippen LogP contribution < -0.4 is 10.1 Å². The predicted octanol–water partition coefficient (Wildman–Crippen LogP) is 4.83. The molecular weight excluding hydrogens is 298 g/mol. The lowest BCUT2D eigenvalue weighted by atomic mass is 10.0. The van der Waals surface area contributed by atoms with Crippen molar-refractivity contribution < 1.29 is 9.53 Å². The Morgan fingerprint density at radius 2 is 1.67 bits per heavy atom. The molecule has 1 amide bonds. The molecule has 3 heteroatoms. The van der Waals surface area contributed by atoms with Crippen molar-refractivity contribution in [3.05, 3.63) is 58.7 Å². The molecular formula is C21H27NO2. The van der Waals surface area contributed by atoms with Gasteiger partial charge >= 0.3 is 0 Å². The first-order valence-electron chi connectivity index (χ1n) is 8.61. The Hall–Kier alpha value is -2.29. The van der Waals surface area contributed by atoms with E-state index in [2.05, 4.69) is 38.2 Å². The van der Waals surface area contributed by atoms with Crippen LogP contribution in [0.15, 0.2) is 36.4 Å². The second-order valence-corrected chi connectivity index (χ2v) is 6.15. The summed E-state index contributed by atoms with van der Waals surface area (Å²) in [7, 11) is 0. The summed E-state index contributed by atoms with van der Waals surface area (Å²) in [5.41, 5.74) is 5.61. The van der Waals surface area contributed by atoms with Crippen LogP contribution in [0, 0.1) is 13.8 Å². The molecule has 0 heterocycles. The molecule has 1 atom stereocenters. The van der Waals surface area contributed by atoms with E-state index in [1.54, 1.807) is 6.92 Å². The van der Waals surface area contributed by atoms with Gasteiger partial charge in [0.25, 0.3) is 5.91 Å². The summed E-state index contributed by atoms with van der Waals surface area (Å²) in [6.45, 7) is 10.1. The van der Waals surface area contributed by atoms with Crippen LogP contribution in [0.1, 0.15) is 43.0 Å². The van der Waals surface area contributed by atoms with Crippen LogP contribution in [0.25, 0.3) is 0 Å². The first-order valence-corrected chi connectivity index (χ1v) is 8.61. The summed E-state index contributed by atoms with van der Waals surface area (Å²) in [5, 5.41) is 3.06. The van der Waals surface area contributed by atoms with Gasteiger partial charge < -0.3 is 10.1 Å². The normalized spacial score (nSPS) is 11.9. The fourth-order valence-corrected chi connectivity index (χ4v) is 2.67. The highest BCUT2D eigenvalue weighted by Gasteiger charge is 2.17. The average Bonchev–Trinajstić information content (AvgIpc) is 2.58. The minimum atomic E-state index is -0.554. The van der Waals surface area contributed by atoms with Crippen molar-refractivity contribution in [1.29, 1.82) is 0 Å². The lowest BCUT2D eigenvalue weighted by Gasteiger charge is -2.19. The molecule has 0 bridgehead atoms. The zero-order valence-corrected chi connectivity index (χ0v) is 15.3. The molecule has 0 spiro atoms. The van der Waals surface area contributed by atoms with Crippen LogP contribution in [0.2, 0.25) is 0 Å². The number of anilines is 1. The van der Waals surface area contributed by atoms with Gasteiger partial charge in [-0.05, 0) is 68.0 Å². The van der Waals surface area contributed by atoms with Crippen LogP contribution in [-0.2, 0) is 17.6 Å². The van der Waals surface area contributed by atoms with E-state index in [0.717, 1.165) is 41.0 Å². The lowest BCUT2D eigenvalue weighted by Crippen LogP contribution is -2.31. The van der Waals surface area contributed by atoms with Gasteiger partial charge in [0, 0.05) is 5.69 Å². The molecule has 0 saturated heterocycles. The zero-order chi connectivity index (χ0) is 17.7. The second-order valence-electron chi connectivity index (χ2n) is 6.15. The van der Waals surface area contributed by atoms with E-state index in [1.165, 1.54) is 5.56 Å². The van der Waals surface area contributed by atoms with Gasteiger partial charge in [-0.15, -0.1) is 0 Å². The van der Waals surface area contributed by atoms with Crippen LogP contribution in [0.5, 0.6) is 5.75 Å². The van der Waals surface area contributed by atoms with Gasteiger partial charge in [0.1, 0.15) is 5.75 Å². The summed E-state index contributed by atoms with van der Waals surface area (Å²) in [6.07, 6.45) is 1.22. The summed E-state index contributed by atoms with van der Waals surface area (Å²) in [6, 6.07) is 12.0. The van der Waals surface area contributed by atoms with Gasteiger partial charge in [0.15, 0.2) is 6.10 Å². The summed E-state index contributed by atoms with van der Waals surface area (Å²) < 4.78 is 5.82. The van der Waals surface area contributed by atoms with Crippen molar-refractivity contribution in [3.63, 3.8) is 0 Å². The van der Waals surface area contributed by atoms with E-state index in [4.69, 9.17) is 4.74 Å². The Bertz CT molecular complexity index is 700. The van der Waals surface area contributed by atoms with E-state index in [-0.39, 0.29) is 5.91 Å². The van der Waals surface area contributed by atoms with E-state index in [1.807, 2.05) is 31.2 Å². The number of carbonyl (C=O) groups excluding carboxylic acids is 1. The number of hydrogen-bond acceptors (Lipinski definition) is 2. The largest absolute Gasteiger partial charge is 0.481 e. The highest BCUT2D eigenvalue weighted by atomic mass is 16.5. The first-order chi connectivity index (χ1) is 11.5. The van der Waals surface area contributed by atoms with Crippen molar-refractivity contribution in [2.45, 2.75) is 53.6 Å². The van der Waals surface area contributed by atoms with E-state index < -0.39 is 6.10 Å². The maximum absolute atomic E-state index is 12.6. The topological polar surface area (TPSA) is 38.3 Å². The third kappa shape index (κ3) is 4.16. The third-order valence-corrected chi connectivity index (χ3v) is 4.41. The number of para-hydroxylation sites is 1. The Balaban J connectivity index is 2.13. The summed E-state index contributed by atoms with van der Waals surface area (Å²) >= 11 is 0. The van der Waals surface area contributed by atoms with Crippen LogP contribution in [0.3, 0.4) is 0 Å². The van der Waals surface area contributed by atoms with Crippen LogP contribution in [0.4, 0.5) is 5.69 Å². The van der Waals surface area contributed by atoms with Crippen molar-refractivity contribution in [3.8, 4) is 5.75 Å². The second kappa shape index (κ2) is 8.00.